The molecule has 0 bridgehead atoms. The molecule has 8 heteroatoms. The predicted molar refractivity (Wildman–Crippen MR) is 95.8 cm³/mol. The van der Waals surface area contributed by atoms with Crippen LogP contribution in [0.5, 0.6) is 0 Å². The summed E-state index contributed by atoms with van der Waals surface area (Å²) in [4.78, 5) is 39.8. The summed E-state index contributed by atoms with van der Waals surface area (Å²) < 4.78 is 0. The number of hydrogen-bond acceptors (Lipinski definition) is 5. The molecule has 2 unspecified atom stereocenters. The lowest BCUT2D eigenvalue weighted by molar-refractivity contribution is -0.384. The van der Waals surface area contributed by atoms with E-state index in [0.29, 0.717) is 29.1 Å². The van der Waals surface area contributed by atoms with Gasteiger partial charge in [-0.2, -0.15) is 0 Å². The third-order valence-electron chi connectivity index (χ3n) is 4.47. The van der Waals surface area contributed by atoms with Crippen LogP contribution in [0.4, 0.5) is 5.69 Å². The zero-order chi connectivity index (χ0) is 19.6. The van der Waals surface area contributed by atoms with E-state index in [9.17, 15) is 24.8 Å². The van der Waals surface area contributed by atoms with Crippen molar-refractivity contribution in [2.45, 2.75) is 39.7 Å². The molecule has 1 aromatic rings. The van der Waals surface area contributed by atoms with Crippen molar-refractivity contribution in [1.82, 2.24) is 4.90 Å². The molecule has 1 N–H and O–H groups in total. The molecule has 0 fully saturated rings. The summed E-state index contributed by atoms with van der Waals surface area (Å²) >= 11 is 0. The number of amides is 1. The summed E-state index contributed by atoms with van der Waals surface area (Å²) in [6.07, 6.45) is 0.664. The molecule has 0 radical (unpaired) electrons. The zero-order valence-corrected chi connectivity index (χ0v) is 15.0. The van der Waals surface area contributed by atoms with E-state index in [1.54, 1.807) is 13.8 Å². The Morgan fingerprint density at radius 2 is 1.88 bits per heavy atom. The summed E-state index contributed by atoms with van der Waals surface area (Å²) in [7, 11) is 0. The monoisotopic (exact) mass is 359 g/mol. The number of non-ortho nitro benzene ring substituents is 1. The molecule has 2 atom stereocenters. The van der Waals surface area contributed by atoms with Gasteiger partial charge in [0.2, 0.25) is 6.41 Å². The number of carboxylic acid groups (broad SMARTS) is 1. The molecular weight excluding hydrogens is 338 g/mol. The average molecular weight is 359 g/mol. The number of aliphatic imine (C=N–C) groups is 1. The molecular formula is C18H21N3O5. The molecule has 1 aromatic carbocycles. The quantitative estimate of drug-likeness (QED) is 0.476. The van der Waals surface area contributed by atoms with Gasteiger partial charge >= 0.3 is 5.97 Å². The highest BCUT2D eigenvalue weighted by Gasteiger charge is 2.41. The predicted octanol–water partition coefficient (Wildman–Crippen LogP) is 2.95. The van der Waals surface area contributed by atoms with Crippen LogP contribution in [0.25, 0.3) is 0 Å². The molecule has 0 saturated carbocycles. The fraction of sp³-hybridized carbons (Fsp3) is 0.389. The fourth-order valence-electron chi connectivity index (χ4n) is 3.29. The van der Waals surface area contributed by atoms with Crippen molar-refractivity contribution >= 4 is 23.8 Å². The van der Waals surface area contributed by atoms with Gasteiger partial charge in [-0.15, -0.1) is 0 Å². The Hall–Kier alpha value is -3.03. The number of rotatable bonds is 6. The van der Waals surface area contributed by atoms with Crippen molar-refractivity contribution in [3.05, 3.63) is 51.3 Å². The molecule has 1 heterocycles. The van der Waals surface area contributed by atoms with Crippen molar-refractivity contribution in [2.24, 2.45) is 10.9 Å². The average Bonchev–Trinajstić information content (AvgIpc) is 2.56. The summed E-state index contributed by atoms with van der Waals surface area (Å²) in [5.74, 6) is -2.69. The van der Waals surface area contributed by atoms with Crippen molar-refractivity contribution in [3.63, 3.8) is 0 Å². The first-order valence-electron chi connectivity index (χ1n) is 8.15. The first kappa shape index (κ1) is 19.3. The van der Waals surface area contributed by atoms with Crippen molar-refractivity contribution in [2.75, 3.05) is 0 Å². The van der Waals surface area contributed by atoms with Gasteiger partial charge in [0, 0.05) is 29.8 Å². The molecule has 8 nitrogen and oxygen atoms in total. The van der Waals surface area contributed by atoms with E-state index < -0.39 is 22.7 Å². The summed E-state index contributed by atoms with van der Waals surface area (Å²) in [6, 6.07) is 5.55. The van der Waals surface area contributed by atoms with Crippen molar-refractivity contribution in [1.29, 1.82) is 0 Å². The van der Waals surface area contributed by atoms with Gasteiger partial charge in [-0.25, -0.2) is 0 Å². The SMILES string of the molecule is CC1=NC(C)=C(N(C=O)C(C)C)C(c2ccc([N+](=O)[O-])cc2)C1C(=O)O. The standard InChI is InChI=1S/C18H21N3O5/c1-10(2)20(9-22)17-12(4)19-11(3)15(18(23)24)16(17)13-5-7-14(8-6-13)21(25)26/h5-10,15-16H,1-4H3,(H,23,24). The molecule has 0 saturated heterocycles. The van der Waals surface area contributed by atoms with Crippen molar-refractivity contribution < 1.29 is 19.6 Å². The summed E-state index contributed by atoms with van der Waals surface area (Å²) in [6.45, 7) is 7.01. The second-order valence-electron chi connectivity index (χ2n) is 6.47. The number of carboxylic acids is 1. The Morgan fingerprint density at radius 1 is 1.31 bits per heavy atom. The maximum Gasteiger partial charge on any atom is 0.313 e. The van der Waals surface area contributed by atoms with Gasteiger partial charge in [-0.05, 0) is 33.3 Å². The van der Waals surface area contributed by atoms with E-state index >= 15 is 0 Å². The van der Waals surface area contributed by atoms with E-state index in [2.05, 4.69) is 4.99 Å². The highest BCUT2D eigenvalue weighted by Crippen LogP contribution is 2.41. The lowest BCUT2D eigenvalue weighted by atomic mass is 9.78. The molecule has 2 rings (SSSR count). The molecule has 1 amide bonds. The van der Waals surface area contributed by atoms with Crippen LogP contribution in [0, 0.1) is 16.0 Å². The number of carbonyl (C=O) groups excluding carboxylic acids is 1. The van der Waals surface area contributed by atoms with Crippen molar-refractivity contribution in [3.8, 4) is 0 Å². The maximum atomic E-state index is 11.9. The molecule has 0 spiro atoms. The number of carbonyl (C=O) groups is 2. The first-order valence-corrected chi connectivity index (χ1v) is 8.15. The molecule has 1 aliphatic heterocycles. The van der Waals surface area contributed by atoms with E-state index in [1.165, 1.54) is 29.2 Å². The number of nitro benzene ring substituents is 1. The van der Waals surface area contributed by atoms with Crippen LogP contribution in [-0.2, 0) is 9.59 Å². The van der Waals surface area contributed by atoms with Crippen LogP contribution in [0.1, 0.15) is 39.2 Å². The maximum absolute atomic E-state index is 11.9. The minimum absolute atomic E-state index is 0.0832. The lowest BCUT2D eigenvalue weighted by Crippen LogP contribution is -2.40. The van der Waals surface area contributed by atoms with E-state index in [1.807, 2.05) is 13.8 Å². The Bertz CT molecular complexity index is 796. The van der Waals surface area contributed by atoms with E-state index in [4.69, 9.17) is 0 Å². The van der Waals surface area contributed by atoms with Crippen LogP contribution >= 0.6 is 0 Å². The third kappa shape index (κ3) is 3.49. The second-order valence-corrected chi connectivity index (χ2v) is 6.47. The number of benzene rings is 1. The Balaban J connectivity index is 2.67. The third-order valence-corrected chi connectivity index (χ3v) is 4.47. The highest BCUT2D eigenvalue weighted by atomic mass is 16.6. The number of aliphatic carboxylic acids is 1. The van der Waals surface area contributed by atoms with Gasteiger partial charge < -0.3 is 10.0 Å². The summed E-state index contributed by atoms with van der Waals surface area (Å²) in [5.41, 5.74) is 1.99. The molecule has 0 aromatic heterocycles. The van der Waals surface area contributed by atoms with Crippen LogP contribution in [-0.4, -0.2) is 39.1 Å². The smallest absolute Gasteiger partial charge is 0.313 e. The largest absolute Gasteiger partial charge is 0.481 e. The van der Waals surface area contributed by atoms with Crippen LogP contribution in [0.3, 0.4) is 0 Å². The van der Waals surface area contributed by atoms with Gasteiger partial charge in [0.25, 0.3) is 5.69 Å². The Morgan fingerprint density at radius 3 is 2.31 bits per heavy atom. The molecule has 1 aliphatic rings. The molecule has 138 valence electrons. The van der Waals surface area contributed by atoms with Gasteiger partial charge in [0.1, 0.15) is 5.92 Å². The number of nitrogens with zero attached hydrogens (tertiary/aromatic N) is 3. The Kier molecular flexibility index (Phi) is 5.54. The minimum Gasteiger partial charge on any atom is -0.481 e. The number of nitro groups is 1. The number of allylic oxidation sites excluding steroid dienone is 2. The highest BCUT2D eigenvalue weighted by molar-refractivity contribution is 6.03. The fourth-order valence-corrected chi connectivity index (χ4v) is 3.29. The van der Waals surface area contributed by atoms with Crippen LogP contribution in [0.15, 0.2) is 40.7 Å². The first-order chi connectivity index (χ1) is 12.2. The second kappa shape index (κ2) is 7.47. The Labute approximate surface area is 151 Å². The lowest BCUT2D eigenvalue weighted by Gasteiger charge is -2.37. The minimum atomic E-state index is -1.06. The normalized spacial score (nSPS) is 20.0. The van der Waals surface area contributed by atoms with Gasteiger partial charge in [-0.1, -0.05) is 12.1 Å². The summed E-state index contributed by atoms with van der Waals surface area (Å²) in [5, 5.41) is 20.7. The molecule has 26 heavy (non-hydrogen) atoms. The molecule has 0 aliphatic carbocycles. The zero-order valence-electron chi connectivity index (χ0n) is 15.0. The van der Waals surface area contributed by atoms with Gasteiger partial charge in [0.15, 0.2) is 0 Å². The van der Waals surface area contributed by atoms with Crippen LogP contribution in [0.2, 0.25) is 0 Å². The number of hydrogen-bond donors (Lipinski definition) is 1. The topological polar surface area (TPSA) is 113 Å². The van der Waals surface area contributed by atoms with Gasteiger partial charge in [0.05, 0.1) is 16.3 Å². The van der Waals surface area contributed by atoms with Crippen LogP contribution < -0.4 is 0 Å². The van der Waals surface area contributed by atoms with Gasteiger partial charge in [-0.3, -0.25) is 24.7 Å². The van der Waals surface area contributed by atoms with E-state index in [0.717, 1.165) is 0 Å². The van der Waals surface area contributed by atoms with E-state index in [-0.39, 0.29) is 11.7 Å².